The molecule has 0 atom stereocenters. The van der Waals surface area contributed by atoms with Crippen molar-refractivity contribution in [2.45, 2.75) is 46.1 Å². The smallest absolute Gasteiger partial charge is 0.274 e. The quantitative estimate of drug-likeness (QED) is 0.303. The first kappa shape index (κ1) is 26.2. The van der Waals surface area contributed by atoms with Crippen LogP contribution in [0.25, 0.3) is 11.3 Å². The number of aromatic hydroxyl groups is 2. The minimum absolute atomic E-state index is 0.0352. The summed E-state index contributed by atoms with van der Waals surface area (Å²) in [6.45, 7) is 9.11. The molecule has 0 aliphatic heterocycles. The Morgan fingerprint density at radius 1 is 1.17 bits per heavy atom. The van der Waals surface area contributed by atoms with E-state index in [1.807, 2.05) is 13.8 Å². The van der Waals surface area contributed by atoms with E-state index in [1.165, 1.54) is 12.1 Å². The molecule has 2 amide bonds. The van der Waals surface area contributed by atoms with E-state index in [-0.39, 0.29) is 45.6 Å². The monoisotopic (exact) mass is 494 g/mol. The van der Waals surface area contributed by atoms with Gasteiger partial charge in [0.05, 0.1) is 16.7 Å². The molecule has 36 heavy (non-hydrogen) atoms. The first-order valence-corrected chi connectivity index (χ1v) is 11.2. The third-order valence-electron chi connectivity index (χ3n) is 5.17. The summed E-state index contributed by atoms with van der Waals surface area (Å²) in [4.78, 5) is 28.7. The van der Waals surface area contributed by atoms with Gasteiger partial charge in [0.2, 0.25) is 5.95 Å². The minimum atomic E-state index is -1.10. The molecular formula is C26H27FN4O5. The number of aromatic nitrogens is 2. The second-order valence-corrected chi connectivity index (χ2v) is 8.88. The van der Waals surface area contributed by atoms with Gasteiger partial charge >= 0.3 is 0 Å². The Bertz CT molecular complexity index is 1350. The highest BCUT2D eigenvalue weighted by Crippen LogP contribution is 2.39. The van der Waals surface area contributed by atoms with Crippen LogP contribution in [0, 0.1) is 17.8 Å². The molecule has 10 heteroatoms. The summed E-state index contributed by atoms with van der Waals surface area (Å²) in [5, 5.41) is 30.0. The number of halogens is 1. The second kappa shape index (κ2) is 10.5. The third-order valence-corrected chi connectivity index (χ3v) is 5.17. The first-order valence-electron chi connectivity index (χ1n) is 11.2. The van der Waals surface area contributed by atoms with Gasteiger partial charge in [-0.2, -0.15) is 4.39 Å². The number of phenolic OH excluding ortho intramolecular Hbond substituents is 2. The molecule has 0 aliphatic carbocycles. The van der Waals surface area contributed by atoms with Gasteiger partial charge in [-0.3, -0.25) is 9.59 Å². The molecule has 0 fully saturated rings. The van der Waals surface area contributed by atoms with Crippen molar-refractivity contribution in [3.05, 3.63) is 58.8 Å². The Labute approximate surface area is 207 Å². The number of pyridine rings is 1. The number of rotatable bonds is 6. The zero-order chi connectivity index (χ0) is 26.6. The van der Waals surface area contributed by atoms with Crippen LogP contribution < -0.4 is 10.6 Å². The highest BCUT2D eigenvalue weighted by Gasteiger charge is 2.26. The van der Waals surface area contributed by atoms with E-state index in [4.69, 9.17) is 4.52 Å². The molecule has 0 radical (unpaired) electrons. The topological polar surface area (TPSA) is 138 Å². The van der Waals surface area contributed by atoms with Crippen molar-refractivity contribution in [1.82, 2.24) is 20.8 Å². The van der Waals surface area contributed by atoms with Crippen LogP contribution in [0.4, 0.5) is 4.39 Å². The molecule has 1 aromatic carbocycles. The predicted molar refractivity (Wildman–Crippen MR) is 130 cm³/mol. The number of hydrogen-bond donors (Lipinski definition) is 4. The summed E-state index contributed by atoms with van der Waals surface area (Å²) >= 11 is 0. The van der Waals surface area contributed by atoms with Crippen LogP contribution in [0.15, 0.2) is 35.0 Å². The number of nitrogens with zero attached hydrogens (tertiary/aromatic N) is 2. The van der Waals surface area contributed by atoms with Crippen molar-refractivity contribution < 1.29 is 28.7 Å². The summed E-state index contributed by atoms with van der Waals surface area (Å²) in [6.07, 6.45) is 1.11. The number of carbonyl (C=O) groups is 2. The van der Waals surface area contributed by atoms with E-state index < -0.39 is 23.3 Å². The van der Waals surface area contributed by atoms with Gasteiger partial charge in [0.25, 0.3) is 11.8 Å². The van der Waals surface area contributed by atoms with Crippen molar-refractivity contribution in [2.24, 2.45) is 0 Å². The van der Waals surface area contributed by atoms with Crippen LogP contribution >= 0.6 is 0 Å². The molecule has 2 aromatic heterocycles. The van der Waals surface area contributed by atoms with E-state index >= 15 is 0 Å². The van der Waals surface area contributed by atoms with Gasteiger partial charge in [0.1, 0.15) is 17.1 Å². The fourth-order valence-electron chi connectivity index (χ4n) is 3.34. The van der Waals surface area contributed by atoms with E-state index in [2.05, 4.69) is 32.6 Å². The Hall–Kier alpha value is -4.39. The summed E-state index contributed by atoms with van der Waals surface area (Å²) in [5.74, 6) is 3.61. The second-order valence-electron chi connectivity index (χ2n) is 8.88. The number of amides is 2. The lowest BCUT2D eigenvalue weighted by atomic mass is 9.96. The fraction of sp³-hybridized carbons (Fsp3) is 0.308. The zero-order valence-electron chi connectivity index (χ0n) is 20.6. The molecule has 0 saturated heterocycles. The van der Waals surface area contributed by atoms with Gasteiger partial charge in [-0.15, -0.1) is 0 Å². The lowest BCUT2D eigenvalue weighted by molar-refractivity contribution is 0.0925. The Kier molecular flexibility index (Phi) is 7.63. The summed E-state index contributed by atoms with van der Waals surface area (Å²) < 4.78 is 18.5. The molecule has 0 bridgehead atoms. The fourth-order valence-corrected chi connectivity index (χ4v) is 3.34. The van der Waals surface area contributed by atoms with Crippen molar-refractivity contribution >= 4 is 11.8 Å². The minimum Gasteiger partial charge on any atom is -0.508 e. The molecule has 3 rings (SSSR count). The van der Waals surface area contributed by atoms with Gasteiger partial charge in [-0.25, -0.2) is 4.98 Å². The largest absolute Gasteiger partial charge is 0.508 e. The average Bonchev–Trinajstić information content (AvgIpc) is 3.21. The average molecular weight is 495 g/mol. The van der Waals surface area contributed by atoms with Crippen LogP contribution in [0.3, 0.4) is 0 Å². The van der Waals surface area contributed by atoms with Crippen molar-refractivity contribution in [2.75, 3.05) is 6.54 Å². The number of carbonyl (C=O) groups excluding carboxylic acids is 2. The van der Waals surface area contributed by atoms with Gasteiger partial charge in [-0.1, -0.05) is 30.8 Å². The molecule has 188 valence electrons. The van der Waals surface area contributed by atoms with Gasteiger partial charge in [0, 0.05) is 18.8 Å². The molecule has 4 N–H and O–H groups in total. The Balaban J connectivity index is 2.06. The van der Waals surface area contributed by atoms with Gasteiger partial charge in [-0.05, 0) is 50.5 Å². The number of phenols is 2. The molecule has 0 unspecified atom stereocenters. The first-order chi connectivity index (χ1) is 16.9. The molecular weight excluding hydrogens is 467 g/mol. The van der Waals surface area contributed by atoms with E-state index in [0.29, 0.717) is 12.1 Å². The SMILES string of the molecule is CCNC(=O)c1noc(-c2cc(C(C)C)c(O)cc2O)c1C#CC(C)(C)NC(=O)c1ccc(F)nc1. The molecule has 9 nitrogen and oxygen atoms in total. The maximum Gasteiger partial charge on any atom is 0.274 e. The molecule has 0 spiro atoms. The zero-order valence-corrected chi connectivity index (χ0v) is 20.6. The van der Waals surface area contributed by atoms with Crippen LogP contribution in [0.2, 0.25) is 0 Å². The number of benzene rings is 1. The van der Waals surface area contributed by atoms with E-state index in [9.17, 15) is 24.2 Å². The number of hydrogen-bond acceptors (Lipinski definition) is 7. The van der Waals surface area contributed by atoms with E-state index in [0.717, 1.165) is 12.3 Å². The summed E-state index contributed by atoms with van der Waals surface area (Å²) in [5.41, 5.74) is -0.194. The molecule has 0 saturated carbocycles. The van der Waals surface area contributed by atoms with Crippen LogP contribution in [0.5, 0.6) is 11.5 Å². The van der Waals surface area contributed by atoms with Crippen LogP contribution in [0.1, 0.15) is 72.5 Å². The number of nitrogens with one attached hydrogen (secondary N) is 2. The molecule has 0 aliphatic rings. The highest BCUT2D eigenvalue weighted by molar-refractivity contribution is 5.97. The third kappa shape index (κ3) is 5.81. The van der Waals surface area contributed by atoms with Crippen molar-refractivity contribution in [3.8, 4) is 34.7 Å². The molecule has 2 heterocycles. The maximum atomic E-state index is 13.1. The van der Waals surface area contributed by atoms with Crippen LogP contribution in [-0.4, -0.2) is 44.3 Å². The molecule has 3 aromatic rings. The van der Waals surface area contributed by atoms with Crippen molar-refractivity contribution in [3.63, 3.8) is 0 Å². The van der Waals surface area contributed by atoms with Gasteiger partial charge < -0.3 is 25.4 Å². The Morgan fingerprint density at radius 3 is 2.50 bits per heavy atom. The predicted octanol–water partition coefficient (Wildman–Crippen LogP) is 3.72. The lowest BCUT2D eigenvalue weighted by Crippen LogP contribution is -2.42. The summed E-state index contributed by atoms with van der Waals surface area (Å²) in [6, 6.07) is 5.12. The Morgan fingerprint density at radius 2 is 1.89 bits per heavy atom. The van der Waals surface area contributed by atoms with Crippen LogP contribution in [-0.2, 0) is 0 Å². The lowest BCUT2D eigenvalue weighted by Gasteiger charge is -2.19. The standard InChI is InChI=1S/C26H27FN4O5/c1-6-28-25(35)22-16(9-10-26(4,5)30-24(34)15-7-8-21(27)29-13-15)23(36-31-22)18-11-17(14(2)3)19(32)12-20(18)33/h7-8,11-14,32-33H,6H2,1-5H3,(H,28,35)(H,30,34). The maximum absolute atomic E-state index is 13.1. The normalized spacial score (nSPS) is 11.1. The summed E-state index contributed by atoms with van der Waals surface area (Å²) in [7, 11) is 0. The van der Waals surface area contributed by atoms with Crippen molar-refractivity contribution in [1.29, 1.82) is 0 Å². The van der Waals surface area contributed by atoms with E-state index in [1.54, 1.807) is 26.8 Å². The van der Waals surface area contributed by atoms with Gasteiger partial charge in [0.15, 0.2) is 11.5 Å². The highest BCUT2D eigenvalue weighted by atomic mass is 19.1.